The van der Waals surface area contributed by atoms with Crippen molar-refractivity contribution in [2.75, 3.05) is 19.0 Å². The Morgan fingerprint density at radius 3 is 2.27 bits per heavy atom. The number of thioether (sulfide) groups is 1. The van der Waals surface area contributed by atoms with E-state index < -0.39 is 23.0 Å². The van der Waals surface area contributed by atoms with Gasteiger partial charge in [-0.15, -0.1) is 0 Å². The van der Waals surface area contributed by atoms with Gasteiger partial charge in [-0.3, -0.25) is 19.3 Å². The van der Waals surface area contributed by atoms with Crippen molar-refractivity contribution < 1.29 is 28.7 Å². The van der Waals surface area contributed by atoms with Crippen LogP contribution < -0.4 is 14.8 Å². The number of esters is 1. The van der Waals surface area contributed by atoms with E-state index in [0.29, 0.717) is 28.3 Å². The lowest BCUT2D eigenvalue weighted by Crippen LogP contribution is -2.36. The molecule has 0 radical (unpaired) electrons. The summed E-state index contributed by atoms with van der Waals surface area (Å²) < 4.78 is 10.5. The molecule has 0 aliphatic carbocycles. The molecule has 3 aromatic rings. The molecule has 3 amide bonds. The first-order valence-electron chi connectivity index (χ1n) is 11.3. The fraction of sp³-hybridized carbons (Fsp3) is 0.143. The third kappa shape index (κ3) is 6.25. The monoisotopic (exact) mass is 516 g/mol. The van der Waals surface area contributed by atoms with Crippen LogP contribution >= 0.6 is 11.8 Å². The first-order valence-corrected chi connectivity index (χ1v) is 12.1. The fourth-order valence-electron chi connectivity index (χ4n) is 3.60. The molecule has 3 aromatic carbocycles. The first kappa shape index (κ1) is 25.7. The van der Waals surface area contributed by atoms with Crippen LogP contribution in [0.1, 0.15) is 27.0 Å². The van der Waals surface area contributed by atoms with Crippen molar-refractivity contribution in [1.82, 2.24) is 4.90 Å². The average molecular weight is 517 g/mol. The second kappa shape index (κ2) is 11.1. The molecule has 8 nitrogen and oxygen atoms in total. The van der Waals surface area contributed by atoms with E-state index in [1.165, 1.54) is 0 Å². The molecule has 1 aliphatic heterocycles. The topological polar surface area (TPSA) is 102 Å². The molecule has 1 fully saturated rings. The maximum Gasteiger partial charge on any atom is 0.343 e. The van der Waals surface area contributed by atoms with Crippen LogP contribution in [0.4, 0.5) is 10.5 Å². The molecule has 0 aromatic heterocycles. The van der Waals surface area contributed by atoms with Gasteiger partial charge in [-0.05, 0) is 85.3 Å². The van der Waals surface area contributed by atoms with E-state index in [0.717, 1.165) is 27.8 Å². The highest BCUT2D eigenvalue weighted by atomic mass is 32.2. The van der Waals surface area contributed by atoms with Crippen LogP contribution in [0.25, 0.3) is 6.08 Å². The Balaban J connectivity index is 1.37. The van der Waals surface area contributed by atoms with Crippen molar-refractivity contribution in [3.8, 4) is 11.5 Å². The van der Waals surface area contributed by atoms with Crippen LogP contribution in [0.15, 0.2) is 71.6 Å². The van der Waals surface area contributed by atoms with Crippen LogP contribution in [0.5, 0.6) is 11.5 Å². The molecule has 9 heteroatoms. The van der Waals surface area contributed by atoms with Gasteiger partial charge < -0.3 is 14.8 Å². The number of carbonyl (C=O) groups excluding carboxylic acids is 4. The van der Waals surface area contributed by atoms with Crippen molar-refractivity contribution in [1.29, 1.82) is 0 Å². The van der Waals surface area contributed by atoms with E-state index in [1.807, 2.05) is 26.0 Å². The van der Waals surface area contributed by atoms with Gasteiger partial charge in [0.2, 0.25) is 5.91 Å². The number of benzene rings is 3. The summed E-state index contributed by atoms with van der Waals surface area (Å²) in [4.78, 5) is 51.1. The van der Waals surface area contributed by atoms with Crippen molar-refractivity contribution in [2.45, 2.75) is 13.8 Å². The Kier molecular flexibility index (Phi) is 7.74. The molecule has 4 rings (SSSR count). The molecule has 1 N–H and O–H groups in total. The smallest absolute Gasteiger partial charge is 0.343 e. The van der Waals surface area contributed by atoms with E-state index in [-0.39, 0.29) is 11.4 Å². The van der Waals surface area contributed by atoms with Gasteiger partial charge in [-0.2, -0.15) is 0 Å². The minimum absolute atomic E-state index is 0.201. The van der Waals surface area contributed by atoms with Gasteiger partial charge in [0.15, 0.2) is 0 Å². The number of ether oxygens (including phenoxy) is 2. The van der Waals surface area contributed by atoms with Gasteiger partial charge in [0.05, 0.1) is 17.6 Å². The highest BCUT2D eigenvalue weighted by molar-refractivity contribution is 8.18. The molecule has 1 saturated heterocycles. The van der Waals surface area contributed by atoms with E-state index in [9.17, 15) is 19.2 Å². The molecule has 1 aliphatic rings. The molecule has 37 heavy (non-hydrogen) atoms. The van der Waals surface area contributed by atoms with Crippen molar-refractivity contribution in [3.63, 3.8) is 0 Å². The van der Waals surface area contributed by atoms with Crippen molar-refractivity contribution in [2.24, 2.45) is 0 Å². The lowest BCUT2D eigenvalue weighted by atomic mass is 10.1. The third-order valence-corrected chi connectivity index (χ3v) is 6.45. The summed E-state index contributed by atoms with van der Waals surface area (Å²) >= 11 is 0.768. The molecular formula is C28H24N2O6S. The predicted octanol–water partition coefficient (Wildman–Crippen LogP) is 5.21. The standard InChI is InChI=1S/C28H24N2O6S/c1-17-4-13-23(18(2)14-17)29-25(31)16-30-26(32)24(37-28(30)34)15-19-5-9-22(10-6-19)36-27(33)20-7-11-21(35-3)12-8-20/h4-15H,16H2,1-3H3,(H,29,31)/b24-15+. The molecule has 0 atom stereocenters. The van der Waals surface area contributed by atoms with Crippen LogP contribution in [-0.4, -0.2) is 41.6 Å². The summed E-state index contributed by atoms with van der Waals surface area (Å²) in [6.07, 6.45) is 1.56. The zero-order chi connectivity index (χ0) is 26.5. The van der Waals surface area contributed by atoms with E-state index in [2.05, 4.69) is 5.32 Å². The number of hydrogen-bond acceptors (Lipinski definition) is 7. The number of nitrogens with one attached hydrogen (secondary N) is 1. The number of carbonyl (C=O) groups is 4. The van der Waals surface area contributed by atoms with Gasteiger partial charge in [0.1, 0.15) is 18.0 Å². The molecule has 188 valence electrons. The summed E-state index contributed by atoms with van der Waals surface area (Å²) in [6, 6.07) is 18.6. The minimum Gasteiger partial charge on any atom is -0.497 e. The van der Waals surface area contributed by atoms with E-state index in [4.69, 9.17) is 9.47 Å². The molecule has 0 spiro atoms. The summed E-state index contributed by atoms with van der Waals surface area (Å²) in [6.45, 7) is 3.44. The second-order valence-electron chi connectivity index (χ2n) is 8.32. The number of rotatable bonds is 7. The van der Waals surface area contributed by atoms with E-state index >= 15 is 0 Å². The van der Waals surface area contributed by atoms with Gasteiger partial charge >= 0.3 is 5.97 Å². The number of aryl methyl sites for hydroxylation is 2. The summed E-state index contributed by atoms with van der Waals surface area (Å²) in [7, 11) is 1.54. The largest absolute Gasteiger partial charge is 0.497 e. The number of imide groups is 1. The van der Waals surface area contributed by atoms with Crippen LogP contribution in [0.2, 0.25) is 0 Å². The number of methoxy groups -OCH3 is 1. The normalized spacial score (nSPS) is 14.1. The number of hydrogen-bond donors (Lipinski definition) is 1. The molecule has 1 heterocycles. The Bertz CT molecular complexity index is 1400. The zero-order valence-corrected chi connectivity index (χ0v) is 21.3. The fourth-order valence-corrected chi connectivity index (χ4v) is 4.44. The maximum absolute atomic E-state index is 12.8. The Labute approximate surface area is 218 Å². The lowest BCUT2D eigenvalue weighted by molar-refractivity contribution is -0.127. The number of anilines is 1. The first-order chi connectivity index (χ1) is 17.7. The number of amides is 3. The second-order valence-corrected chi connectivity index (χ2v) is 9.31. The van der Waals surface area contributed by atoms with E-state index in [1.54, 1.807) is 67.8 Å². The molecule has 0 unspecified atom stereocenters. The third-order valence-electron chi connectivity index (χ3n) is 5.55. The summed E-state index contributed by atoms with van der Waals surface area (Å²) in [5.74, 6) is -0.559. The van der Waals surface area contributed by atoms with Gasteiger partial charge in [-0.1, -0.05) is 29.8 Å². The van der Waals surface area contributed by atoms with Gasteiger partial charge in [0.25, 0.3) is 11.1 Å². The zero-order valence-electron chi connectivity index (χ0n) is 20.4. The van der Waals surface area contributed by atoms with Gasteiger partial charge in [0, 0.05) is 5.69 Å². The Morgan fingerprint density at radius 1 is 0.946 bits per heavy atom. The van der Waals surface area contributed by atoms with Crippen LogP contribution in [-0.2, 0) is 9.59 Å². The van der Waals surface area contributed by atoms with Gasteiger partial charge in [-0.25, -0.2) is 4.79 Å². The van der Waals surface area contributed by atoms with Crippen molar-refractivity contribution >= 4 is 46.5 Å². The molecular weight excluding hydrogens is 492 g/mol. The van der Waals surface area contributed by atoms with Crippen LogP contribution in [0.3, 0.4) is 0 Å². The maximum atomic E-state index is 12.8. The quantitative estimate of drug-likeness (QED) is 0.261. The summed E-state index contributed by atoms with van der Waals surface area (Å²) in [5, 5.41) is 2.23. The van der Waals surface area contributed by atoms with Crippen LogP contribution in [0, 0.1) is 13.8 Å². The highest BCUT2D eigenvalue weighted by Gasteiger charge is 2.36. The average Bonchev–Trinajstić information content (AvgIpc) is 3.14. The Morgan fingerprint density at radius 2 is 1.62 bits per heavy atom. The lowest BCUT2D eigenvalue weighted by Gasteiger charge is -2.14. The number of nitrogens with zero attached hydrogens (tertiary/aromatic N) is 1. The predicted molar refractivity (Wildman–Crippen MR) is 142 cm³/mol. The molecule has 0 saturated carbocycles. The SMILES string of the molecule is COc1ccc(C(=O)Oc2ccc(/C=C3/SC(=O)N(CC(=O)Nc4ccc(C)cc4C)C3=O)cc2)cc1. The minimum atomic E-state index is -0.541. The van der Waals surface area contributed by atoms with Crippen molar-refractivity contribution in [3.05, 3.63) is 93.9 Å². The molecule has 0 bridgehead atoms. The Hall–Kier alpha value is -4.37. The summed E-state index contributed by atoms with van der Waals surface area (Å²) in [5.41, 5.74) is 3.59. The highest BCUT2D eigenvalue weighted by Crippen LogP contribution is 2.32.